The van der Waals surface area contributed by atoms with Gasteiger partial charge in [-0.25, -0.2) is 4.98 Å². The first-order chi connectivity index (χ1) is 13.6. The molecule has 2 aromatic heterocycles. The Hall–Kier alpha value is -2.66. The molecule has 0 bridgehead atoms. The highest BCUT2D eigenvalue weighted by molar-refractivity contribution is 5.46. The Balaban J connectivity index is 1.37. The molecule has 1 aromatic carbocycles. The minimum absolute atomic E-state index is 0.00177. The molecule has 146 valence electrons. The molecule has 0 amide bonds. The van der Waals surface area contributed by atoms with Gasteiger partial charge in [0.15, 0.2) is 0 Å². The van der Waals surface area contributed by atoms with Gasteiger partial charge in [-0.3, -0.25) is 14.1 Å². The lowest BCUT2D eigenvalue weighted by molar-refractivity contribution is 0.175. The topological polar surface area (TPSA) is 46.8 Å². The Labute approximate surface area is 165 Å². The van der Waals surface area contributed by atoms with Crippen molar-refractivity contribution in [2.24, 2.45) is 5.92 Å². The highest BCUT2D eigenvalue weighted by Gasteiger charge is 2.20. The van der Waals surface area contributed by atoms with Crippen molar-refractivity contribution in [3.05, 3.63) is 75.8 Å². The lowest BCUT2D eigenvalue weighted by atomic mass is 9.90. The molecule has 1 fully saturated rings. The number of pyridine rings is 1. The minimum Gasteiger partial charge on any atom is -0.497 e. The van der Waals surface area contributed by atoms with E-state index in [0.717, 1.165) is 48.7 Å². The van der Waals surface area contributed by atoms with Gasteiger partial charge in [0.05, 0.1) is 12.8 Å². The fourth-order valence-corrected chi connectivity index (χ4v) is 4.06. The van der Waals surface area contributed by atoms with Crippen LogP contribution in [0.3, 0.4) is 0 Å². The molecule has 0 N–H and O–H groups in total. The molecule has 0 atom stereocenters. The van der Waals surface area contributed by atoms with Crippen molar-refractivity contribution < 1.29 is 4.74 Å². The van der Waals surface area contributed by atoms with Crippen molar-refractivity contribution in [3.8, 4) is 5.75 Å². The van der Waals surface area contributed by atoms with Crippen molar-refractivity contribution in [2.75, 3.05) is 20.2 Å². The van der Waals surface area contributed by atoms with Gasteiger partial charge in [-0.1, -0.05) is 18.2 Å². The van der Waals surface area contributed by atoms with E-state index in [0.29, 0.717) is 5.92 Å². The average Bonchev–Trinajstić information content (AvgIpc) is 2.71. The van der Waals surface area contributed by atoms with E-state index >= 15 is 0 Å². The molecule has 4 rings (SSSR count). The Morgan fingerprint density at radius 2 is 1.89 bits per heavy atom. The molecule has 28 heavy (non-hydrogen) atoms. The molecular formula is C23H27N3O2. The number of aromatic nitrogens is 2. The number of likely N-dealkylation sites (tertiary alicyclic amines) is 1. The predicted molar refractivity (Wildman–Crippen MR) is 111 cm³/mol. The lowest BCUT2D eigenvalue weighted by Gasteiger charge is -2.31. The molecule has 5 nitrogen and oxygen atoms in total. The summed E-state index contributed by atoms with van der Waals surface area (Å²) in [5.41, 5.74) is 4.03. The van der Waals surface area contributed by atoms with E-state index in [1.165, 1.54) is 18.4 Å². The van der Waals surface area contributed by atoms with E-state index in [1.807, 2.05) is 31.2 Å². The third-order valence-corrected chi connectivity index (χ3v) is 5.72. The molecule has 1 saturated heterocycles. The van der Waals surface area contributed by atoms with Crippen molar-refractivity contribution in [1.29, 1.82) is 0 Å². The standard InChI is InChI=1S/C23H27N3O2/c1-17-4-3-11-26-22(27)15-20(24-23(17)26)16-25-12-9-19(10-13-25)14-18-5-7-21(28-2)8-6-18/h3-8,11,15,19H,9-10,12-14,16H2,1-2H3. The normalized spacial score (nSPS) is 15.8. The number of piperidine rings is 1. The number of rotatable bonds is 5. The van der Waals surface area contributed by atoms with E-state index in [9.17, 15) is 4.79 Å². The molecule has 0 saturated carbocycles. The SMILES string of the molecule is COc1ccc(CC2CCN(Cc3cc(=O)n4cccc(C)c4n3)CC2)cc1. The van der Waals surface area contributed by atoms with Crippen LogP contribution in [0.5, 0.6) is 5.75 Å². The quantitative estimate of drug-likeness (QED) is 0.683. The Morgan fingerprint density at radius 3 is 2.61 bits per heavy atom. The van der Waals surface area contributed by atoms with Crippen LogP contribution in [0, 0.1) is 12.8 Å². The second kappa shape index (κ2) is 8.15. The molecule has 0 unspecified atom stereocenters. The molecule has 0 radical (unpaired) electrons. The van der Waals surface area contributed by atoms with Crippen LogP contribution in [-0.4, -0.2) is 34.5 Å². The second-order valence-electron chi connectivity index (χ2n) is 7.74. The van der Waals surface area contributed by atoms with Crippen LogP contribution < -0.4 is 10.3 Å². The second-order valence-corrected chi connectivity index (χ2v) is 7.74. The van der Waals surface area contributed by atoms with Gasteiger partial charge >= 0.3 is 0 Å². The van der Waals surface area contributed by atoms with Gasteiger partial charge in [-0.05, 0) is 74.5 Å². The number of fused-ring (bicyclic) bond motifs is 1. The monoisotopic (exact) mass is 377 g/mol. The van der Waals surface area contributed by atoms with Crippen molar-refractivity contribution in [2.45, 2.75) is 32.7 Å². The van der Waals surface area contributed by atoms with E-state index < -0.39 is 0 Å². The number of ether oxygens (including phenoxy) is 1. The number of aryl methyl sites for hydroxylation is 1. The van der Waals surface area contributed by atoms with E-state index in [1.54, 1.807) is 23.8 Å². The first-order valence-electron chi connectivity index (χ1n) is 9.95. The molecule has 0 spiro atoms. The Bertz CT molecular complexity index is 1000. The molecule has 1 aliphatic rings. The van der Waals surface area contributed by atoms with Gasteiger partial charge in [-0.2, -0.15) is 0 Å². The van der Waals surface area contributed by atoms with Crippen LogP contribution >= 0.6 is 0 Å². The van der Waals surface area contributed by atoms with Crippen LogP contribution in [0.4, 0.5) is 0 Å². The third kappa shape index (κ3) is 4.09. The van der Waals surface area contributed by atoms with Crippen LogP contribution in [-0.2, 0) is 13.0 Å². The Kier molecular flexibility index (Phi) is 5.44. The molecule has 0 aliphatic carbocycles. The van der Waals surface area contributed by atoms with Crippen LogP contribution in [0.2, 0.25) is 0 Å². The lowest BCUT2D eigenvalue weighted by Crippen LogP contribution is -2.34. The summed E-state index contributed by atoms with van der Waals surface area (Å²) < 4.78 is 6.86. The highest BCUT2D eigenvalue weighted by atomic mass is 16.5. The smallest absolute Gasteiger partial charge is 0.258 e. The summed E-state index contributed by atoms with van der Waals surface area (Å²) in [6, 6.07) is 14.0. The van der Waals surface area contributed by atoms with Crippen LogP contribution in [0.1, 0.15) is 29.7 Å². The molecular weight excluding hydrogens is 350 g/mol. The zero-order valence-corrected chi connectivity index (χ0v) is 16.6. The van der Waals surface area contributed by atoms with E-state index in [-0.39, 0.29) is 5.56 Å². The first kappa shape index (κ1) is 18.7. The molecule has 5 heteroatoms. The molecule has 3 aromatic rings. The van der Waals surface area contributed by atoms with Crippen LogP contribution in [0.25, 0.3) is 5.65 Å². The maximum atomic E-state index is 12.4. The first-order valence-corrected chi connectivity index (χ1v) is 9.95. The Morgan fingerprint density at radius 1 is 1.14 bits per heavy atom. The highest BCUT2D eigenvalue weighted by Crippen LogP contribution is 2.23. The summed E-state index contributed by atoms with van der Waals surface area (Å²) in [4.78, 5) is 19.5. The zero-order valence-electron chi connectivity index (χ0n) is 16.6. The predicted octanol–water partition coefficient (Wildman–Crippen LogP) is 3.47. The maximum absolute atomic E-state index is 12.4. The fourth-order valence-electron chi connectivity index (χ4n) is 4.06. The van der Waals surface area contributed by atoms with Gasteiger partial charge in [-0.15, -0.1) is 0 Å². The molecule has 1 aliphatic heterocycles. The summed E-state index contributed by atoms with van der Waals surface area (Å²) in [6.45, 7) is 4.84. The van der Waals surface area contributed by atoms with Crippen molar-refractivity contribution >= 4 is 5.65 Å². The molecule has 3 heterocycles. The van der Waals surface area contributed by atoms with Crippen LogP contribution in [0.15, 0.2) is 53.5 Å². The number of nitrogens with zero attached hydrogens (tertiary/aromatic N) is 3. The van der Waals surface area contributed by atoms with Gasteiger partial charge < -0.3 is 4.74 Å². The average molecular weight is 377 g/mol. The summed E-state index contributed by atoms with van der Waals surface area (Å²) in [5, 5.41) is 0. The summed E-state index contributed by atoms with van der Waals surface area (Å²) in [7, 11) is 1.70. The zero-order chi connectivity index (χ0) is 19.5. The largest absolute Gasteiger partial charge is 0.497 e. The van der Waals surface area contributed by atoms with Gasteiger partial charge in [0, 0.05) is 18.8 Å². The summed E-state index contributed by atoms with van der Waals surface area (Å²) >= 11 is 0. The third-order valence-electron chi connectivity index (χ3n) is 5.72. The number of methoxy groups -OCH3 is 1. The fraction of sp³-hybridized carbons (Fsp3) is 0.391. The van der Waals surface area contributed by atoms with Gasteiger partial charge in [0.25, 0.3) is 5.56 Å². The number of hydrogen-bond donors (Lipinski definition) is 0. The number of hydrogen-bond acceptors (Lipinski definition) is 4. The van der Waals surface area contributed by atoms with E-state index in [4.69, 9.17) is 9.72 Å². The number of benzene rings is 1. The summed E-state index contributed by atoms with van der Waals surface area (Å²) in [6.07, 6.45) is 5.26. The van der Waals surface area contributed by atoms with Crippen molar-refractivity contribution in [1.82, 2.24) is 14.3 Å². The van der Waals surface area contributed by atoms with Crippen molar-refractivity contribution in [3.63, 3.8) is 0 Å². The maximum Gasteiger partial charge on any atom is 0.258 e. The minimum atomic E-state index is -0.00177. The van der Waals surface area contributed by atoms with E-state index in [2.05, 4.69) is 17.0 Å². The van der Waals surface area contributed by atoms with Gasteiger partial charge in [0.2, 0.25) is 0 Å². The van der Waals surface area contributed by atoms with Gasteiger partial charge in [0.1, 0.15) is 11.4 Å². The summed E-state index contributed by atoms with van der Waals surface area (Å²) in [5.74, 6) is 1.62.